The molecule has 1 heterocycles. The first-order valence-electron chi connectivity index (χ1n) is 8.56. The molecule has 3 rings (SSSR count). The molecule has 2 aromatic carbocycles. The van der Waals surface area contributed by atoms with Crippen molar-refractivity contribution < 1.29 is 23.9 Å². The van der Waals surface area contributed by atoms with Gasteiger partial charge in [0.25, 0.3) is 5.91 Å². The Bertz CT molecular complexity index is 928. The summed E-state index contributed by atoms with van der Waals surface area (Å²) in [5, 5.41) is 3.25. The number of carbonyl (C=O) groups excluding carboxylic acids is 3. The van der Waals surface area contributed by atoms with Crippen LogP contribution in [-0.4, -0.2) is 36.5 Å². The summed E-state index contributed by atoms with van der Waals surface area (Å²) in [5.41, 5.74) is -0.0612. The molecule has 2 aromatic rings. The van der Waals surface area contributed by atoms with Crippen LogP contribution in [0.15, 0.2) is 48.5 Å². The van der Waals surface area contributed by atoms with E-state index in [1.54, 1.807) is 62.4 Å². The van der Waals surface area contributed by atoms with Crippen LogP contribution < -0.4 is 15.0 Å². The van der Waals surface area contributed by atoms with Crippen LogP contribution in [-0.2, 0) is 19.1 Å². The SMILES string of the molecule is CC1(C)C(=O)Nc2ccccc2N1C(=O)COC(=O)COc1cccc(Cl)c1. The van der Waals surface area contributed by atoms with Gasteiger partial charge in [-0.05, 0) is 44.2 Å². The Hall–Kier alpha value is -3.06. The second kappa shape index (κ2) is 7.90. The highest BCUT2D eigenvalue weighted by molar-refractivity contribution is 6.30. The van der Waals surface area contributed by atoms with Gasteiger partial charge in [0.15, 0.2) is 13.2 Å². The van der Waals surface area contributed by atoms with Crippen molar-refractivity contribution in [3.05, 3.63) is 53.6 Å². The molecule has 8 heteroatoms. The number of nitrogens with zero attached hydrogens (tertiary/aromatic N) is 1. The number of carbonyl (C=O) groups is 3. The van der Waals surface area contributed by atoms with Gasteiger partial charge in [0, 0.05) is 5.02 Å². The van der Waals surface area contributed by atoms with E-state index in [1.165, 1.54) is 4.90 Å². The summed E-state index contributed by atoms with van der Waals surface area (Å²) >= 11 is 5.85. The maximum Gasteiger partial charge on any atom is 0.344 e. The standard InChI is InChI=1S/C20H19ClN2O5/c1-20(2)19(26)22-15-8-3-4-9-16(15)23(20)17(24)11-28-18(25)12-27-14-7-5-6-13(21)10-14/h3-10H,11-12H2,1-2H3,(H,22,26). The van der Waals surface area contributed by atoms with Crippen molar-refractivity contribution in [2.75, 3.05) is 23.4 Å². The Morgan fingerprint density at radius 3 is 2.61 bits per heavy atom. The zero-order valence-corrected chi connectivity index (χ0v) is 16.2. The van der Waals surface area contributed by atoms with Crippen molar-refractivity contribution in [2.24, 2.45) is 0 Å². The molecule has 1 aliphatic heterocycles. The molecule has 0 saturated heterocycles. The van der Waals surface area contributed by atoms with Gasteiger partial charge in [0.05, 0.1) is 11.4 Å². The topological polar surface area (TPSA) is 84.9 Å². The van der Waals surface area contributed by atoms with Gasteiger partial charge in [0.1, 0.15) is 11.3 Å². The lowest BCUT2D eigenvalue weighted by atomic mass is 9.96. The molecule has 0 saturated carbocycles. The molecule has 0 aromatic heterocycles. The first-order valence-corrected chi connectivity index (χ1v) is 8.94. The third-order valence-corrected chi connectivity index (χ3v) is 4.50. The number of benzene rings is 2. The Morgan fingerprint density at radius 2 is 1.86 bits per heavy atom. The molecule has 28 heavy (non-hydrogen) atoms. The molecule has 146 valence electrons. The van der Waals surface area contributed by atoms with Gasteiger partial charge in [-0.25, -0.2) is 4.79 Å². The molecular weight excluding hydrogens is 384 g/mol. The lowest BCUT2D eigenvalue weighted by molar-refractivity contribution is -0.150. The molecule has 0 radical (unpaired) electrons. The summed E-state index contributed by atoms with van der Waals surface area (Å²) in [6.45, 7) is 2.37. The summed E-state index contributed by atoms with van der Waals surface area (Å²) in [4.78, 5) is 38.4. The summed E-state index contributed by atoms with van der Waals surface area (Å²) in [5.74, 6) is -1.13. The highest BCUT2D eigenvalue weighted by Crippen LogP contribution is 2.36. The molecule has 7 nitrogen and oxygen atoms in total. The predicted octanol–water partition coefficient (Wildman–Crippen LogP) is 3.03. The average Bonchev–Trinajstić information content (AvgIpc) is 2.65. The lowest BCUT2D eigenvalue weighted by Crippen LogP contribution is -2.59. The van der Waals surface area contributed by atoms with Crippen LogP contribution in [0.5, 0.6) is 5.75 Å². The van der Waals surface area contributed by atoms with Gasteiger partial charge in [-0.1, -0.05) is 29.8 Å². The maximum absolute atomic E-state index is 12.8. The normalized spacial score (nSPS) is 14.7. The first kappa shape index (κ1) is 19.7. The Kier molecular flexibility index (Phi) is 5.56. The van der Waals surface area contributed by atoms with E-state index >= 15 is 0 Å². The Morgan fingerprint density at radius 1 is 1.11 bits per heavy atom. The largest absolute Gasteiger partial charge is 0.482 e. The summed E-state index contributed by atoms with van der Waals surface area (Å²) < 4.78 is 10.3. The minimum atomic E-state index is -1.13. The third-order valence-electron chi connectivity index (χ3n) is 4.27. The van der Waals surface area contributed by atoms with E-state index in [9.17, 15) is 14.4 Å². The van der Waals surface area contributed by atoms with Crippen LogP contribution in [0.25, 0.3) is 0 Å². The number of esters is 1. The Labute approximate surface area is 167 Å². The second-order valence-corrected chi connectivity index (χ2v) is 7.10. The number of rotatable bonds is 5. The number of hydrogen-bond donors (Lipinski definition) is 1. The molecule has 1 aliphatic rings. The first-order chi connectivity index (χ1) is 13.3. The van der Waals surface area contributed by atoms with E-state index in [4.69, 9.17) is 21.1 Å². The zero-order valence-electron chi connectivity index (χ0n) is 15.4. The van der Waals surface area contributed by atoms with Crippen LogP contribution in [0, 0.1) is 0 Å². The fourth-order valence-electron chi connectivity index (χ4n) is 2.85. The van der Waals surface area contributed by atoms with Gasteiger partial charge in [0.2, 0.25) is 5.91 Å². The molecule has 0 bridgehead atoms. The smallest absolute Gasteiger partial charge is 0.344 e. The predicted molar refractivity (Wildman–Crippen MR) is 105 cm³/mol. The average molecular weight is 403 g/mol. The van der Waals surface area contributed by atoms with E-state index in [0.29, 0.717) is 22.1 Å². The quantitative estimate of drug-likeness (QED) is 0.777. The highest BCUT2D eigenvalue weighted by Gasteiger charge is 2.43. The summed E-state index contributed by atoms with van der Waals surface area (Å²) in [6, 6.07) is 13.5. The van der Waals surface area contributed by atoms with Crippen molar-refractivity contribution in [1.29, 1.82) is 0 Å². The minimum absolute atomic E-state index is 0.324. The summed E-state index contributed by atoms with van der Waals surface area (Å²) in [6.07, 6.45) is 0. The molecule has 0 fully saturated rings. The van der Waals surface area contributed by atoms with Crippen LogP contribution in [0.2, 0.25) is 5.02 Å². The second-order valence-electron chi connectivity index (χ2n) is 6.67. The van der Waals surface area contributed by atoms with E-state index in [-0.39, 0.29) is 12.5 Å². The number of hydrogen-bond acceptors (Lipinski definition) is 5. The molecular formula is C20H19ClN2O5. The highest BCUT2D eigenvalue weighted by atomic mass is 35.5. The van der Waals surface area contributed by atoms with E-state index in [1.807, 2.05) is 0 Å². The van der Waals surface area contributed by atoms with E-state index in [2.05, 4.69) is 5.32 Å². The Balaban J connectivity index is 1.63. The van der Waals surface area contributed by atoms with Gasteiger partial charge in [-0.3, -0.25) is 14.5 Å². The third kappa shape index (κ3) is 4.09. The van der Waals surface area contributed by atoms with Gasteiger partial charge in [-0.2, -0.15) is 0 Å². The van der Waals surface area contributed by atoms with Gasteiger partial charge in [-0.15, -0.1) is 0 Å². The molecule has 0 aliphatic carbocycles. The molecule has 2 amide bonds. The van der Waals surface area contributed by atoms with E-state index < -0.39 is 24.0 Å². The molecule has 0 spiro atoms. The number of nitrogens with one attached hydrogen (secondary N) is 1. The van der Waals surface area contributed by atoms with Crippen LogP contribution >= 0.6 is 11.6 Å². The van der Waals surface area contributed by atoms with Crippen molar-refractivity contribution in [3.8, 4) is 5.75 Å². The fourth-order valence-corrected chi connectivity index (χ4v) is 3.03. The van der Waals surface area contributed by atoms with Crippen molar-refractivity contribution in [1.82, 2.24) is 0 Å². The zero-order chi connectivity index (χ0) is 20.3. The number of fused-ring (bicyclic) bond motifs is 1. The lowest BCUT2D eigenvalue weighted by Gasteiger charge is -2.41. The number of amides is 2. The van der Waals surface area contributed by atoms with E-state index in [0.717, 1.165) is 0 Å². The molecule has 0 unspecified atom stereocenters. The summed E-state index contributed by atoms with van der Waals surface area (Å²) in [7, 11) is 0. The van der Waals surface area contributed by atoms with Crippen LogP contribution in [0.3, 0.4) is 0 Å². The van der Waals surface area contributed by atoms with Gasteiger partial charge >= 0.3 is 5.97 Å². The monoisotopic (exact) mass is 402 g/mol. The van der Waals surface area contributed by atoms with Crippen LogP contribution in [0.4, 0.5) is 11.4 Å². The number of anilines is 2. The van der Waals surface area contributed by atoms with Gasteiger partial charge < -0.3 is 14.8 Å². The minimum Gasteiger partial charge on any atom is -0.482 e. The number of para-hydroxylation sites is 2. The molecule has 0 atom stereocenters. The number of ether oxygens (including phenoxy) is 2. The fraction of sp³-hybridized carbons (Fsp3) is 0.250. The van der Waals surface area contributed by atoms with Crippen LogP contribution in [0.1, 0.15) is 13.8 Å². The number of halogens is 1. The van der Waals surface area contributed by atoms with Crippen molar-refractivity contribution in [2.45, 2.75) is 19.4 Å². The molecule has 1 N–H and O–H groups in total. The maximum atomic E-state index is 12.8. The van der Waals surface area contributed by atoms with Crippen molar-refractivity contribution >= 4 is 40.8 Å². The van der Waals surface area contributed by atoms with Crippen molar-refractivity contribution in [3.63, 3.8) is 0 Å².